The van der Waals surface area contributed by atoms with Gasteiger partial charge in [-0.05, 0) is 26.6 Å². The number of nitrogens with one attached hydrogen (secondary N) is 1. The molecule has 0 atom stereocenters. The van der Waals surface area contributed by atoms with Crippen LogP contribution in [0.25, 0.3) is 0 Å². The van der Waals surface area contributed by atoms with Gasteiger partial charge >= 0.3 is 0 Å². The zero-order valence-corrected chi connectivity index (χ0v) is 6.20. The van der Waals surface area contributed by atoms with Crippen molar-refractivity contribution in [1.82, 2.24) is 5.32 Å². The molecule has 0 aromatic rings. The lowest BCUT2D eigenvalue weighted by Gasteiger charge is -1.76. The van der Waals surface area contributed by atoms with Crippen molar-refractivity contribution in [3.8, 4) is 0 Å². The molecular weight excluding hydrogens is 100 g/mol. The van der Waals surface area contributed by atoms with E-state index in [1.54, 1.807) is 0 Å². The summed E-state index contributed by atoms with van der Waals surface area (Å²) < 4.78 is 0. The Labute approximate surface area is 52.5 Å². The van der Waals surface area contributed by atoms with Gasteiger partial charge in [-0.25, -0.2) is 0 Å². The van der Waals surface area contributed by atoms with E-state index in [0.29, 0.717) is 0 Å². The summed E-state index contributed by atoms with van der Waals surface area (Å²) in [6.45, 7) is 6.01. The Morgan fingerprint density at radius 1 is 1.38 bits per heavy atom. The van der Waals surface area contributed by atoms with Crippen LogP contribution < -0.4 is 11.1 Å². The highest BCUT2D eigenvalue weighted by molar-refractivity contribution is 4.19. The lowest BCUT2D eigenvalue weighted by atomic mass is 10.5. The molecule has 0 bridgehead atoms. The van der Waals surface area contributed by atoms with Gasteiger partial charge in [-0.3, -0.25) is 0 Å². The first-order valence-corrected chi connectivity index (χ1v) is 3.18. The minimum Gasteiger partial charge on any atom is -0.330 e. The molecule has 0 saturated carbocycles. The zero-order valence-electron chi connectivity index (χ0n) is 6.20. The summed E-state index contributed by atoms with van der Waals surface area (Å²) in [7, 11) is 1.93. The number of nitrogens with two attached hydrogens (primary N) is 1. The van der Waals surface area contributed by atoms with E-state index < -0.39 is 0 Å². The second-order valence-corrected chi connectivity index (χ2v) is 1.50. The first kappa shape index (κ1) is 10.8. The average Bonchev–Trinajstić information content (AvgIpc) is 1.88. The van der Waals surface area contributed by atoms with Crippen LogP contribution in [-0.4, -0.2) is 20.1 Å². The summed E-state index contributed by atoms with van der Waals surface area (Å²) in [5, 5.41) is 2.93. The molecule has 0 amide bonds. The summed E-state index contributed by atoms with van der Waals surface area (Å²) in [6, 6.07) is 0. The smallest absolute Gasteiger partial charge is 0.00799 e. The van der Waals surface area contributed by atoms with Crippen LogP contribution in [-0.2, 0) is 0 Å². The Hall–Kier alpha value is -0.0800. The fraction of sp³-hybridized carbons (Fsp3) is 1.00. The topological polar surface area (TPSA) is 38.0 Å². The summed E-state index contributed by atoms with van der Waals surface area (Å²) in [6.07, 6.45) is 1.10. The van der Waals surface area contributed by atoms with Crippen molar-refractivity contribution < 1.29 is 0 Å². The largest absolute Gasteiger partial charge is 0.330 e. The van der Waals surface area contributed by atoms with Crippen LogP contribution >= 0.6 is 0 Å². The number of hydrogen-bond donors (Lipinski definition) is 2. The normalized spacial score (nSPS) is 7.50. The summed E-state index contributed by atoms with van der Waals surface area (Å²) in [5.41, 5.74) is 5.03. The molecule has 2 heteroatoms. The van der Waals surface area contributed by atoms with Gasteiger partial charge in [-0.2, -0.15) is 0 Å². The third-order valence-electron chi connectivity index (χ3n) is 0.642. The summed E-state index contributed by atoms with van der Waals surface area (Å²) in [5.74, 6) is 0. The molecule has 0 unspecified atom stereocenters. The van der Waals surface area contributed by atoms with Gasteiger partial charge in [0.1, 0.15) is 0 Å². The predicted molar refractivity (Wildman–Crippen MR) is 38.9 cm³/mol. The minimum absolute atomic E-state index is 0.819. The second-order valence-electron chi connectivity index (χ2n) is 1.50. The van der Waals surface area contributed by atoms with Crippen molar-refractivity contribution in [1.29, 1.82) is 0 Å². The van der Waals surface area contributed by atoms with E-state index in [-0.39, 0.29) is 0 Å². The SMILES string of the molecule is CCCN.CCNC. The Kier molecular flexibility index (Phi) is 21.3. The van der Waals surface area contributed by atoms with Crippen LogP contribution in [0.5, 0.6) is 0 Å². The van der Waals surface area contributed by atoms with Crippen molar-refractivity contribution in [3.05, 3.63) is 0 Å². The van der Waals surface area contributed by atoms with Gasteiger partial charge in [0.25, 0.3) is 0 Å². The highest BCUT2D eigenvalue weighted by atomic mass is 14.8. The third kappa shape index (κ3) is 38.9. The molecule has 3 N–H and O–H groups in total. The molecule has 2 nitrogen and oxygen atoms in total. The van der Waals surface area contributed by atoms with Gasteiger partial charge in [0.15, 0.2) is 0 Å². The van der Waals surface area contributed by atoms with Crippen LogP contribution in [0.15, 0.2) is 0 Å². The van der Waals surface area contributed by atoms with E-state index in [2.05, 4.69) is 19.2 Å². The van der Waals surface area contributed by atoms with Crippen molar-refractivity contribution in [2.24, 2.45) is 5.73 Å². The maximum atomic E-state index is 5.03. The van der Waals surface area contributed by atoms with E-state index in [1.807, 2.05) is 7.05 Å². The molecule has 52 valence electrons. The molecule has 0 aromatic carbocycles. The Balaban J connectivity index is 0. The van der Waals surface area contributed by atoms with E-state index in [1.165, 1.54) is 0 Å². The molecule has 0 aliphatic rings. The van der Waals surface area contributed by atoms with Gasteiger partial charge in [0, 0.05) is 0 Å². The molecule has 0 aliphatic heterocycles. The maximum absolute atomic E-state index is 5.03. The van der Waals surface area contributed by atoms with Crippen LogP contribution in [0, 0.1) is 0 Å². The molecule has 0 aliphatic carbocycles. The van der Waals surface area contributed by atoms with Crippen molar-refractivity contribution in [2.75, 3.05) is 20.1 Å². The Bertz CT molecular complexity index is 14.5. The quantitative estimate of drug-likeness (QED) is 0.556. The van der Waals surface area contributed by atoms with Crippen molar-refractivity contribution in [3.63, 3.8) is 0 Å². The number of hydrogen-bond acceptors (Lipinski definition) is 2. The predicted octanol–water partition coefficient (Wildman–Crippen LogP) is 0.581. The van der Waals surface area contributed by atoms with E-state index >= 15 is 0 Å². The summed E-state index contributed by atoms with van der Waals surface area (Å²) in [4.78, 5) is 0. The van der Waals surface area contributed by atoms with E-state index in [4.69, 9.17) is 5.73 Å². The Morgan fingerprint density at radius 2 is 1.62 bits per heavy atom. The standard InChI is InChI=1S/2C3H9N/c1-3-4-2;1-2-3-4/h4H,3H2,1-2H3;2-4H2,1H3. The molecule has 8 heavy (non-hydrogen) atoms. The maximum Gasteiger partial charge on any atom is -0.00799 e. The molecule has 0 heterocycles. The first-order valence-electron chi connectivity index (χ1n) is 3.18. The molecular formula is C6H18N2. The molecule has 0 radical (unpaired) electrons. The highest BCUT2D eigenvalue weighted by Crippen LogP contribution is 1.57. The van der Waals surface area contributed by atoms with Gasteiger partial charge in [-0.15, -0.1) is 0 Å². The molecule has 0 spiro atoms. The van der Waals surface area contributed by atoms with Crippen LogP contribution in [0.3, 0.4) is 0 Å². The molecule has 0 fully saturated rings. The van der Waals surface area contributed by atoms with Crippen molar-refractivity contribution >= 4 is 0 Å². The molecule has 0 saturated heterocycles. The fourth-order valence-electron chi connectivity index (χ4n) is 0. The monoisotopic (exact) mass is 118 g/mol. The van der Waals surface area contributed by atoms with E-state index in [0.717, 1.165) is 19.5 Å². The second kappa shape index (κ2) is 15.8. The lowest BCUT2D eigenvalue weighted by Crippen LogP contribution is -2.01. The van der Waals surface area contributed by atoms with Gasteiger partial charge in [0.05, 0.1) is 0 Å². The van der Waals surface area contributed by atoms with Crippen molar-refractivity contribution in [2.45, 2.75) is 20.3 Å². The number of rotatable bonds is 2. The molecule has 0 rings (SSSR count). The first-order chi connectivity index (χ1) is 3.83. The minimum atomic E-state index is 0.819. The van der Waals surface area contributed by atoms with E-state index in [9.17, 15) is 0 Å². The summed E-state index contributed by atoms with van der Waals surface area (Å²) >= 11 is 0. The highest BCUT2D eigenvalue weighted by Gasteiger charge is 1.55. The molecule has 0 aromatic heterocycles. The fourth-order valence-corrected chi connectivity index (χ4v) is 0. The van der Waals surface area contributed by atoms with Gasteiger partial charge < -0.3 is 11.1 Å². The lowest BCUT2D eigenvalue weighted by molar-refractivity contribution is 0.864. The van der Waals surface area contributed by atoms with Crippen LogP contribution in [0.1, 0.15) is 20.3 Å². The van der Waals surface area contributed by atoms with Crippen LogP contribution in [0.2, 0.25) is 0 Å². The van der Waals surface area contributed by atoms with Gasteiger partial charge in [0.2, 0.25) is 0 Å². The Morgan fingerprint density at radius 3 is 1.62 bits per heavy atom. The van der Waals surface area contributed by atoms with Crippen LogP contribution in [0.4, 0.5) is 0 Å². The van der Waals surface area contributed by atoms with Gasteiger partial charge in [-0.1, -0.05) is 13.8 Å². The zero-order chi connectivity index (χ0) is 6.83. The average molecular weight is 118 g/mol. The third-order valence-corrected chi connectivity index (χ3v) is 0.642.